The third-order valence-corrected chi connectivity index (χ3v) is 11.1. The fourth-order valence-electron chi connectivity index (χ4n) is 5.94. The van der Waals surface area contributed by atoms with Crippen LogP contribution in [-0.2, 0) is 32.5 Å². The van der Waals surface area contributed by atoms with E-state index in [4.69, 9.17) is 0 Å². The van der Waals surface area contributed by atoms with Crippen molar-refractivity contribution in [2.75, 3.05) is 4.98 Å². The van der Waals surface area contributed by atoms with Crippen molar-refractivity contribution < 1.29 is 46.5 Å². The minimum atomic E-state index is -1.93. The quantitative estimate of drug-likeness (QED) is 0.413. The zero-order valence-corrected chi connectivity index (χ0v) is 30.3. The molecule has 214 valence electrons. The van der Waals surface area contributed by atoms with Crippen LogP contribution in [0.15, 0.2) is 66.2 Å². The number of nitrogens with one attached hydrogen (secondary N) is 1. The van der Waals surface area contributed by atoms with Crippen molar-refractivity contribution in [3.63, 3.8) is 0 Å². The Bertz CT molecular complexity index is 1310. The number of allylic oxidation sites excluding steroid dienone is 1. The number of benzene rings is 3. The summed E-state index contributed by atoms with van der Waals surface area (Å²) in [4.78, 5) is 4.10. The van der Waals surface area contributed by atoms with Crippen molar-refractivity contribution in [2.45, 2.75) is 97.7 Å². The molecule has 1 atom stereocenters. The van der Waals surface area contributed by atoms with Gasteiger partial charge in [0.25, 0.3) is 0 Å². The second-order valence-electron chi connectivity index (χ2n) is 14.0. The van der Waals surface area contributed by atoms with E-state index in [1.165, 1.54) is 50.2 Å². The summed E-state index contributed by atoms with van der Waals surface area (Å²) in [6, 6.07) is 23.1. The van der Waals surface area contributed by atoms with Crippen LogP contribution in [0.5, 0.6) is 0 Å². The van der Waals surface area contributed by atoms with Crippen molar-refractivity contribution in [3.8, 4) is 11.1 Å². The largest absolute Gasteiger partial charge is 2.00 e. The van der Waals surface area contributed by atoms with Crippen LogP contribution in [0.2, 0.25) is 13.1 Å². The fourth-order valence-corrected chi connectivity index (χ4v) is 9.26. The molecule has 4 rings (SSSR count). The third kappa shape index (κ3) is 7.56. The maximum atomic E-state index is 4.10. The summed E-state index contributed by atoms with van der Waals surface area (Å²) in [5, 5.41) is 0. The van der Waals surface area contributed by atoms with Gasteiger partial charge in [-0.2, -0.15) is 0 Å². The van der Waals surface area contributed by atoms with Gasteiger partial charge in [0, 0.05) is 11.2 Å². The van der Waals surface area contributed by atoms with Crippen molar-refractivity contribution >= 4 is 20.0 Å². The van der Waals surface area contributed by atoms with Crippen LogP contribution in [0.1, 0.15) is 102 Å². The molecule has 1 nitrogen and oxygen atoms in total. The monoisotopic (exact) mass is 627 g/mol. The third-order valence-electron chi connectivity index (χ3n) is 8.02. The molecule has 0 heterocycles. The molecule has 0 spiro atoms. The number of para-hydroxylation sites is 1. The van der Waals surface area contributed by atoms with Gasteiger partial charge in [-0.25, -0.2) is 0 Å². The van der Waals surface area contributed by atoms with Crippen molar-refractivity contribution in [1.29, 1.82) is 0 Å². The van der Waals surface area contributed by atoms with Crippen molar-refractivity contribution in [2.24, 2.45) is 0 Å². The van der Waals surface area contributed by atoms with Gasteiger partial charge < -0.3 is 29.8 Å². The molecule has 1 aliphatic carbocycles. The minimum Gasteiger partial charge on any atom is -1.00 e. The molecule has 1 aliphatic rings. The predicted octanol–water partition coefficient (Wildman–Crippen LogP) is 4.43. The predicted molar refractivity (Wildman–Crippen MR) is 167 cm³/mol. The molecule has 3 aromatic carbocycles. The normalized spacial score (nSPS) is 14.9. The Morgan fingerprint density at radius 2 is 1.32 bits per heavy atom. The molecule has 3 aromatic rings. The number of anilines is 1. The molecular weight excluding hydrogens is 581 g/mol. The second-order valence-corrected chi connectivity index (χ2v) is 18.3. The Labute approximate surface area is 272 Å². The summed E-state index contributed by atoms with van der Waals surface area (Å²) in [5.41, 5.74) is 13.3. The van der Waals surface area contributed by atoms with Crippen molar-refractivity contribution in [3.05, 3.63) is 94.1 Å². The summed E-state index contributed by atoms with van der Waals surface area (Å²) < 4.78 is 0. The van der Waals surface area contributed by atoms with Gasteiger partial charge in [0.15, 0.2) is 8.24 Å². The minimum absolute atomic E-state index is 0. The molecule has 0 aromatic heterocycles. The van der Waals surface area contributed by atoms with Gasteiger partial charge in [-0.05, 0) is 68.7 Å². The molecule has 1 N–H and O–H groups in total. The van der Waals surface area contributed by atoms with E-state index in [1.54, 1.807) is 0 Å². The van der Waals surface area contributed by atoms with Gasteiger partial charge in [0.1, 0.15) is 0 Å². The van der Waals surface area contributed by atoms with Gasteiger partial charge in [-0.3, -0.25) is 0 Å². The Morgan fingerprint density at radius 3 is 1.85 bits per heavy atom. The molecule has 5 heteroatoms. The van der Waals surface area contributed by atoms with Crippen LogP contribution < -0.4 is 29.8 Å². The van der Waals surface area contributed by atoms with Gasteiger partial charge in [0.05, 0.1) is 0 Å². The van der Waals surface area contributed by atoms with E-state index in [1.807, 2.05) is 0 Å². The summed E-state index contributed by atoms with van der Waals surface area (Å²) >= 11 is 0. The second kappa shape index (κ2) is 13.3. The van der Waals surface area contributed by atoms with Gasteiger partial charge in [-0.1, -0.05) is 135 Å². The van der Waals surface area contributed by atoms with Crippen molar-refractivity contribution in [1.82, 2.24) is 0 Å². The number of hydrogen-bond acceptors (Lipinski definition) is 1. The Hall–Kier alpha value is -1.29. The van der Waals surface area contributed by atoms with Crippen LogP contribution in [-0.4, -0.2) is 8.24 Å². The zero-order valence-electron chi connectivity index (χ0n) is 26.3. The first-order valence-electron chi connectivity index (χ1n) is 13.9. The molecule has 40 heavy (non-hydrogen) atoms. The Kier molecular flexibility index (Phi) is 12.3. The van der Waals surface area contributed by atoms with E-state index in [2.05, 4.69) is 147 Å². The van der Waals surface area contributed by atoms with Gasteiger partial charge in [-0.15, -0.1) is 0 Å². The van der Waals surface area contributed by atoms with E-state index in [9.17, 15) is 0 Å². The number of fused-ring (bicyclic) bond motifs is 1. The maximum Gasteiger partial charge on any atom is 2.00 e. The van der Waals surface area contributed by atoms with Crippen LogP contribution in [0.4, 0.5) is 5.69 Å². The zero-order chi connectivity index (χ0) is 27.3. The average Bonchev–Trinajstić information content (AvgIpc) is 3.14. The molecule has 0 aliphatic heterocycles. The molecule has 0 radical (unpaired) electrons. The SMILES string of the molecule is CC1=Cc2c(-c3cc(C(C)(C)C)cc(C(C)(C)C)c3)cccc2C1[Si](C)(C)Nc1ccccc1C(C)C.[Cl-].[Cl-].[Ti+2]. The summed E-state index contributed by atoms with van der Waals surface area (Å²) in [6.45, 7) is 25.8. The topological polar surface area (TPSA) is 12.0 Å². The van der Waals surface area contributed by atoms with Gasteiger partial charge >= 0.3 is 21.7 Å². The Morgan fingerprint density at radius 1 is 0.775 bits per heavy atom. The molecular formula is C35H47Cl2NSiTi. The summed E-state index contributed by atoms with van der Waals surface area (Å²) in [5.74, 6) is 0.500. The van der Waals surface area contributed by atoms with E-state index in [0.29, 0.717) is 11.5 Å². The molecule has 1 unspecified atom stereocenters. The average molecular weight is 629 g/mol. The van der Waals surface area contributed by atoms with E-state index >= 15 is 0 Å². The molecule has 0 saturated carbocycles. The fraction of sp³-hybridized carbons (Fsp3) is 0.429. The molecule has 0 fully saturated rings. The first kappa shape index (κ1) is 36.7. The van der Waals surface area contributed by atoms with Gasteiger partial charge in [0.2, 0.25) is 0 Å². The maximum absolute atomic E-state index is 4.10. The number of rotatable bonds is 5. The smallest absolute Gasteiger partial charge is 1.00 e. The first-order chi connectivity index (χ1) is 17.1. The van der Waals surface area contributed by atoms with E-state index < -0.39 is 8.24 Å². The van der Waals surface area contributed by atoms with Crippen LogP contribution in [0, 0.1) is 0 Å². The molecule has 0 saturated heterocycles. The van der Waals surface area contributed by atoms with Crippen LogP contribution in [0.25, 0.3) is 17.2 Å². The Balaban J connectivity index is 0.00000267. The molecule has 0 amide bonds. The van der Waals surface area contributed by atoms with Crippen LogP contribution in [0.3, 0.4) is 0 Å². The number of hydrogen-bond donors (Lipinski definition) is 1. The standard InChI is InChI=1S/C35H47NSi.2ClH.Ti/c1-23(2)28-15-12-13-18-32(28)36-37(10,11)33-24(3)19-31-29(16-14-17-30(31)33)25-20-26(34(4,5)6)22-27(21-25)35(7,8)9;;;/h12-23,33,36H,1-11H3;2*1H;/q;;;+2/p-2. The molecule has 0 bridgehead atoms. The summed E-state index contributed by atoms with van der Waals surface area (Å²) in [7, 11) is -1.93. The van der Waals surface area contributed by atoms with E-state index in [-0.39, 0.29) is 57.4 Å². The van der Waals surface area contributed by atoms with Crippen LogP contribution >= 0.6 is 0 Å². The first-order valence-corrected chi connectivity index (χ1v) is 17.0. The summed E-state index contributed by atoms with van der Waals surface area (Å²) in [6.07, 6.45) is 2.47. The van der Waals surface area contributed by atoms with E-state index in [0.717, 1.165) is 0 Å². The number of halogens is 2.